The minimum Gasteiger partial charge on any atom is -0.384 e. The van der Waals surface area contributed by atoms with Gasteiger partial charge in [-0.05, 0) is 55.3 Å². The fourth-order valence-electron chi connectivity index (χ4n) is 3.59. The van der Waals surface area contributed by atoms with E-state index in [0.29, 0.717) is 36.0 Å². The van der Waals surface area contributed by atoms with Crippen molar-refractivity contribution in [1.29, 1.82) is 0 Å². The summed E-state index contributed by atoms with van der Waals surface area (Å²) in [6, 6.07) is 8.49. The normalized spacial score (nSPS) is 14.3. The Balaban J connectivity index is 1.34. The molecule has 0 atom stereocenters. The molecule has 0 spiro atoms. The first-order valence-electron chi connectivity index (χ1n) is 10.7. The van der Waals surface area contributed by atoms with Gasteiger partial charge in [-0.25, -0.2) is 9.37 Å². The summed E-state index contributed by atoms with van der Waals surface area (Å²) in [7, 11) is 0. The Morgan fingerprint density at radius 3 is 2.40 bits per heavy atom. The molecule has 1 aromatic carbocycles. The number of carbonyl (C=O) groups is 2. The van der Waals surface area contributed by atoms with Crippen LogP contribution in [0.15, 0.2) is 54.9 Å². The second-order valence-corrected chi connectivity index (χ2v) is 8.39. The summed E-state index contributed by atoms with van der Waals surface area (Å²) in [6.45, 7) is 0.0861. The van der Waals surface area contributed by atoms with Crippen LogP contribution >= 0.6 is 0 Å². The van der Waals surface area contributed by atoms with Crippen molar-refractivity contribution in [3.63, 3.8) is 0 Å². The highest BCUT2D eigenvalue weighted by atomic mass is 19.4. The second kappa shape index (κ2) is 9.32. The maximum atomic E-state index is 13.3. The van der Waals surface area contributed by atoms with E-state index in [1.54, 1.807) is 12.1 Å². The lowest BCUT2D eigenvalue weighted by molar-refractivity contribution is -0.137. The molecule has 182 valence electrons. The molecule has 1 aliphatic carbocycles. The summed E-state index contributed by atoms with van der Waals surface area (Å²) in [6.07, 6.45) is -0.804. The summed E-state index contributed by atoms with van der Waals surface area (Å²) >= 11 is 0. The van der Waals surface area contributed by atoms with Gasteiger partial charge in [-0.1, -0.05) is 0 Å². The molecule has 0 unspecified atom stereocenters. The molecule has 0 saturated heterocycles. The molecule has 2 aromatic heterocycles. The molecule has 0 aliphatic heterocycles. The number of rotatable bonds is 8. The molecule has 2 heterocycles. The van der Waals surface area contributed by atoms with Crippen LogP contribution in [0, 0.1) is 11.2 Å². The van der Waals surface area contributed by atoms with E-state index >= 15 is 0 Å². The van der Waals surface area contributed by atoms with Crippen molar-refractivity contribution < 1.29 is 27.2 Å². The zero-order valence-electron chi connectivity index (χ0n) is 18.3. The van der Waals surface area contributed by atoms with E-state index in [1.165, 1.54) is 24.5 Å². The Morgan fingerprint density at radius 1 is 1.03 bits per heavy atom. The van der Waals surface area contributed by atoms with Crippen molar-refractivity contribution in [2.45, 2.75) is 32.0 Å². The van der Waals surface area contributed by atoms with Gasteiger partial charge in [0.25, 0.3) is 0 Å². The largest absolute Gasteiger partial charge is 0.418 e. The fourth-order valence-corrected chi connectivity index (χ4v) is 3.59. The average molecular weight is 487 g/mol. The highest BCUT2D eigenvalue weighted by Crippen LogP contribution is 2.49. The Bertz CT molecular complexity index is 1240. The maximum Gasteiger partial charge on any atom is 0.418 e. The van der Waals surface area contributed by atoms with Gasteiger partial charge in [0.2, 0.25) is 5.91 Å². The van der Waals surface area contributed by atoms with Gasteiger partial charge in [0, 0.05) is 18.2 Å². The second-order valence-electron chi connectivity index (χ2n) is 8.39. The molecule has 0 radical (unpaired) electrons. The summed E-state index contributed by atoms with van der Waals surface area (Å²) < 4.78 is 52.8. The molecule has 1 aliphatic rings. The molecule has 1 amide bonds. The molecule has 1 saturated carbocycles. The van der Waals surface area contributed by atoms with Crippen molar-refractivity contribution in [2.24, 2.45) is 5.41 Å². The topological polar surface area (TPSA) is 110 Å². The van der Waals surface area contributed by atoms with E-state index < -0.39 is 23.0 Å². The monoisotopic (exact) mass is 487 g/mol. The van der Waals surface area contributed by atoms with Crippen LogP contribution in [0.25, 0.3) is 0 Å². The Kier molecular flexibility index (Phi) is 6.42. The number of nitrogens with one attached hydrogen (secondary N) is 2. The molecule has 4 N–H and O–H groups in total. The van der Waals surface area contributed by atoms with Crippen LogP contribution in [-0.2, 0) is 17.5 Å². The van der Waals surface area contributed by atoms with E-state index in [4.69, 9.17) is 5.73 Å². The van der Waals surface area contributed by atoms with Crippen molar-refractivity contribution in [3.8, 4) is 0 Å². The van der Waals surface area contributed by atoms with Crippen molar-refractivity contribution >= 4 is 28.9 Å². The van der Waals surface area contributed by atoms with E-state index in [0.717, 1.165) is 12.1 Å². The number of pyridine rings is 2. The Labute approximate surface area is 197 Å². The number of nitrogens with two attached hydrogens (primary N) is 1. The summed E-state index contributed by atoms with van der Waals surface area (Å²) in [5.41, 5.74) is 4.45. The van der Waals surface area contributed by atoms with Gasteiger partial charge in [0.05, 0.1) is 40.8 Å². The van der Waals surface area contributed by atoms with Gasteiger partial charge in [-0.15, -0.1) is 0 Å². The van der Waals surface area contributed by atoms with E-state index in [1.807, 2.05) is 0 Å². The molecule has 1 fully saturated rings. The number of amides is 1. The van der Waals surface area contributed by atoms with Crippen LogP contribution < -0.4 is 16.4 Å². The third-order valence-electron chi connectivity index (χ3n) is 5.76. The molecular formula is C24H21F4N5O2. The quantitative estimate of drug-likeness (QED) is 0.316. The number of nitrogens with zero attached hydrogens (tertiary/aromatic N) is 2. The SMILES string of the molecule is Nc1ccc(C(=O)CC2(C(=O)NCc3ccc(Nc4ccc(F)cc4C(F)(F)F)cn3)CC2)cn1. The number of hydrogen-bond donors (Lipinski definition) is 3. The molecule has 7 nitrogen and oxygen atoms in total. The Hall–Kier alpha value is -4.02. The van der Waals surface area contributed by atoms with E-state index in [9.17, 15) is 27.2 Å². The highest BCUT2D eigenvalue weighted by Gasteiger charge is 2.51. The predicted octanol–water partition coefficient (Wildman–Crippen LogP) is 4.63. The summed E-state index contributed by atoms with van der Waals surface area (Å²) in [5, 5.41) is 5.36. The molecule has 35 heavy (non-hydrogen) atoms. The predicted molar refractivity (Wildman–Crippen MR) is 120 cm³/mol. The van der Waals surface area contributed by atoms with Gasteiger partial charge in [-0.3, -0.25) is 14.6 Å². The number of carbonyl (C=O) groups excluding carboxylic acids is 2. The van der Waals surface area contributed by atoms with Gasteiger partial charge >= 0.3 is 6.18 Å². The number of alkyl halides is 3. The molecule has 4 rings (SSSR count). The van der Waals surface area contributed by atoms with Gasteiger partial charge in [0.15, 0.2) is 5.78 Å². The van der Waals surface area contributed by atoms with E-state index in [2.05, 4.69) is 20.6 Å². The van der Waals surface area contributed by atoms with Crippen LogP contribution in [0.3, 0.4) is 0 Å². The molecular weight excluding hydrogens is 466 g/mol. The minimum atomic E-state index is -4.73. The van der Waals surface area contributed by atoms with Crippen LogP contribution in [0.1, 0.15) is 40.9 Å². The van der Waals surface area contributed by atoms with Gasteiger partial charge in [-0.2, -0.15) is 13.2 Å². The number of nitrogen functional groups attached to an aromatic ring is 1. The average Bonchev–Trinajstić information content (AvgIpc) is 3.60. The van der Waals surface area contributed by atoms with Crippen molar-refractivity contribution in [3.05, 3.63) is 77.5 Å². The first kappa shape index (κ1) is 24.1. The zero-order chi connectivity index (χ0) is 25.2. The van der Waals surface area contributed by atoms with Crippen LogP contribution in [0.2, 0.25) is 0 Å². The van der Waals surface area contributed by atoms with Gasteiger partial charge < -0.3 is 16.4 Å². The molecule has 0 bridgehead atoms. The molecule has 11 heteroatoms. The first-order valence-corrected chi connectivity index (χ1v) is 10.7. The number of ketones is 1. The van der Waals surface area contributed by atoms with Crippen LogP contribution in [0.4, 0.5) is 34.8 Å². The number of anilines is 3. The third kappa shape index (κ3) is 5.73. The smallest absolute Gasteiger partial charge is 0.384 e. The third-order valence-corrected chi connectivity index (χ3v) is 5.76. The van der Waals surface area contributed by atoms with Crippen LogP contribution in [0.5, 0.6) is 0 Å². The van der Waals surface area contributed by atoms with Crippen LogP contribution in [-0.4, -0.2) is 21.7 Å². The lowest BCUT2D eigenvalue weighted by Crippen LogP contribution is -2.33. The number of benzene rings is 1. The lowest BCUT2D eigenvalue weighted by Gasteiger charge is -2.16. The summed E-state index contributed by atoms with van der Waals surface area (Å²) in [4.78, 5) is 33.3. The number of aromatic nitrogens is 2. The lowest BCUT2D eigenvalue weighted by atomic mass is 9.95. The summed E-state index contributed by atoms with van der Waals surface area (Å²) in [5.74, 6) is -1.16. The van der Waals surface area contributed by atoms with Crippen molar-refractivity contribution in [1.82, 2.24) is 15.3 Å². The standard InChI is InChI=1S/C24H21F4N5O2/c25-15-2-5-19(18(9-15)24(26,27)28)33-17-4-3-16(30-13-17)12-32-22(35)23(7-8-23)10-20(34)14-1-6-21(29)31-11-14/h1-6,9,11,13,33H,7-8,10,12H2,(H2,29,31)(H,32,35). The van der Waals surface area contributed by atoms with Gasteiger partial charge in [0.1, 0.15) is 11.6 Å². The fraction of sp³-hybridized carbons (Fsp3) is 0.250. The minimum absolute atomic E-state index is 0.0555. The zero-order valence-corrected chi connectivity index (χ0v) is 18.3. The Morgan fingerprint density at radius 2 is 1.80 bits per heavy atom. The maximum absolute atomic E-state index is 13.3. The van der Waals surface area contributed by atoms with Crippen molar-refractivity contribution in [2.75, 3.05) is 11.1 Å². The number of halogens is 4. The van der Waals surface area contributed by atoms with E-state index in [-0.39, 0.29) is 36.0 Å². The first-order chi connectivity index (χ1) is 16.6. The molecule has 3 aromatic rings. The highest BCUT2D eigenvalue weighted by molar-refractivity contribution is 6.00. The number of Topliss-reactive ketones (excluding diaryl/α,β-unsaturated/α-hetero) is 1. The number of hydrogen-bond acceptors (Lipinski definition) is 6.